The maximum Gasteiger partial charge on any atom is 0.222 e. The average Bonchev–Trinajstić information content (AvgIpc) is 3.66. The molecule has 0 unspecified atom stereocenters. The minimum Gasteiger partial charge on any atom is -0.436 e. The molecule has 0 spiro atoms. The second-order valence-electron chi connectivity index (χ2n) is 13.5. The van der Waals surface area contributed by atoms with Gasteiger partial charge in [0, 0.05) is 23.6 Å². The summed E-state index contributed by atoms with van der Waals surface area (Å²) in [6.07, 6.45) is 7.83. The van der Waals surface area contributed by atoms with Crippen LogP contribution in [0.5, 0.6) is 0 Å². The Morgan fingerprint density at radius 2 is 1.06 bits per heavy atom. The van der Waals surface area contributed by atoms with Crippen molar-refractivity contribution in [1.82, 2.24) is 4.98 Å². The fourth-order valence-corrected chi connectivity index (χ4v) is 6.95. The molecule has 256 valence electrons. The van der Waals surface area contributed by atoms with E-state index in [1.165, 1.54) is 43.8 Å². The topological polar surface area (TPSA) is 38.4 Å². The van der Waals surface area contributed by atoms with Crippen LogP contribution in [0, 0.1) is 0 Å². The van der Waals surface area contributed by atoms with Crippen LogP contribution in [0.3, 0.4) is 0 Å². The van der Waals surface area contributed by atoms with Crippen molar-refractivity contribution in [3.63, 3.8) is 0 Å². The summed E-state index contributed by atoms with van der Waals surface area (Å²) in [5, 5.41) is 4.97. The molecule has 0 amide bonds. The molecule has 1 heterocycles. The number of benzene rings is 7. The Labute approximate surface area is 311 Å². The van der Waals surface area contributed by atoms with Gasteiger partial charge in [0.15, 0.2) is 5.58 Å². The maximum absolute atomic E-state index is 6.55. The summed E-state index contributed by atoms with van der Waals surface area (Å²) in [6.45, 7) is 8.12. The summed E-state index contributed by atoms with van der Waals surface area (Å²) in [6, 6.07) is 52.1. The smallest absolute Gasteiger partial charge is 0.222 e. The molecule has 3 nitrogen and oxygen atoms in total. The summed E-state index contributed by atoms with van der Waals surface area (Å²) < 4.78 is 6.55. The maximum atomic E-state index is 6.55. The number of nitrogens with zero attached hydrogens (tertiary/aromatic N) is 2. The highest BCUT2D eigenvalue weighted by Crippen LogP contribution is 2.38. The molecule has 0 aliphatic heterocycles. The van der Waals surface area contributed by atoms with Gasteiger partial charge in [0.1, 0.15) is 5.52 Å². The van der Waals surface area contributed by atoms with Crippen LogP contribution in [0.25, 0.3) is 82.7 Å². The Hall–Kier alpha value is -6.58. The number of hydrogen-bond donors (Lipinski definition) is 0. The molecule has 0 saturated carbocycles. The third-order valence-electron chi connectivity index (χ3n) is 10.1. The van der Waals surface area contributed by atoms with Gasteiger partial charge in [-0.15, -0.1) is 0 Å². The van der Waals surface area contributed by atoms with Crippen LogP contribution >= 0.6 is 0 Å². The van der Waals surface area contributed by atoms with Crippen LogP contribution in [0.15, 0.2) is 185 Å². The van der Waals surface area contributed by atoms with E-state index < -0.39 is 0 Å². The van der Waals surface area contributed by atoms with E-state index in [0.29, 0.717) is 5.89 Å². The molecule has 8 rings (SSSR count). The van der Waals surface area contributed by atoms with Gasteiger partial charge in [0.05, 0.1) is 0 Å². The lowest BCUT2D eigenvalue weighted by atomic mass is 9.93. The van der Waals surface area contributed by atoms with Crippen molar-refractivity contribution in [2.45, 2.75) is 27.7 Å². The van der Waals surface area contributed by atoms with E-state index >= 15 is 0 Å². The number of aliphatic imine (C=N–C) groups is 1. The fourth-order valence-electron chi connectivity index (χ4n) is 6.95. The first kappa shape index (κ1) is 33.6. The molecule has 7 aromatic carbocycles. The van der Waals surface area contributed by atoms with Crippen LogP contribution in [-0.4, -0.2) is 11.2 Å². The van der Waals surface area contributed by atoms with E-state index in [4.69, 9.17) is 9.40 Å². The third-order valence-corrected chi connectivity index (χ3v) is 10.1. The van der Waals surface area contributed by atoms with E-state index in [9.17, 15) is 0 Å². The van der Waals surface area contributed by atoms with Gasteiger partial charge >= 0.3 is 0 Å². The average molecular weight is 685 g/mol. The first-order valence-corrected chi connectivity index (χ1v) is 18.1. The highest BCUT2D eigenvalue weighted by Gasteiger charge is 2.16. The highest BCUT2D eigenvalue weighted by molar-refractivity contribution is 6.00. The molecule has 0 bridgehead atoms. The molecular weight excluding hydrogens is 645 g/mol. The molecule has 8 aromatic rings. The first-order chi connectivity index (χ1) is 26.0. The van der Waals surface area contributed by atoms with Crippen molar-refractivity contribution in [3.8, 4) is 44.5 Å². The van der Waals surface area contributed by atoms with Crippen LogP contribution in [0.4, 0.5) is 0 Å². The Balaban J connectivity index is 1.21. The van der Waals surface area contributed by atoms with E-state index in [0.717, 1.165) is 50.1 Å². The normalized spacial score (nSPS) is 12.8. The van der Waals surface area contributed by atoms with E-state index in [1.54, 1.807) is 6.21 Å². The lowest BCUT2D eigenvalue weighted by molar-refractivity contribution is 0.584. The van der Waals surface area contributed by atoms with Gasteiger partial charge in [-0.3, -0.25) is 4.99 Å². The molecule has 0 atom stereocenters. The van der Waals surface area contributed by atoms with Crippen molar-refractivity contribution in [1.29, 1.82) is 0 Å². The summed E-state index contributed by atoms with van der Waals surface area (Å²) in [5.74, 6) is 0.606. The Morgan fingerprint density at radius 3 is 1.64 bits per heavy atom. The minimum atomic E-state index is 0.606. The number of hydrogen-bond acceptors (Lipinski definition) is 3. The van der Waals surface area contributed by atoms with Crippen molar-refractivity contribution in [2.24, 2.45) is 4.99 Å². The van der Waals surface area contributed by atoms with Gasteiger partial charge in [0.2, 0.25) is 5.89 Å². The molecule has 3 heteroatoms. The molecule has 53 heavy (non-hydrogen) atoms. The summed E-state index contributed by atoms with van der Waals surface area (Å²) in [5.41, 5.74) is 13.9. The molecular formula is C50H40N2O. The molecule has 0 aliphatic rings. The Bertz CT molecular complexity index is 2730. The molecule has 1 aromatic heterocycles. The predicted molar refractivity (Wildman–Crippen MR) is 226 cm³/mol. The van der Waals surface area contributed by atoms with Crippen LogP contribution in [0.1, 0.15) is 33.6 Å². The second-order valence-corrected chi connectivity index (χ2v) is 13.5. The number of aromatic nitrogens is 1. The monoisotopic (exact) mass is 684 g/mol. The number of oxazole rings is 1. The largest absolute Gasteiger partial charge is 0.436 e. The van der Waals surface area contributed by atoms with Crippen molar-refractivity contribution in [3.05, 3.63) is 181 Å². The second kappa shape index (κ2) is 14.6. The third kappa shape index (κ3) is 6.78. The standard InChI is InChI=1S/C50H40N2O/c1-5-51-32-35(4)33(2)20-21-34(3)50-52-49-47(41-28-26-40(27-29-41)46-19-11-15-38-13-7-9-17-44(38)46)30-42(31-48(49)53-50)36-22-24-39(25-23-36)45-18-10-14-37-12-6-8-16-43(37)45/h5-32H,1-4H3/b33-20+,34-21+,35-32+,51-5?. The van der Waals surface area contributed by atoms with Crippen LogP contribution in [0.2, 0.25) is 0 Å². The lowest BCUT2D eigenvalue weighted by Gasteiger charge is -2.11. The van der Waals surface area contributed by atoms with Crippen molar-refractivity contribution < 1.29 is 4.42 Å². The molecule has 0 saturated heterocycles. The van der Waals surface area contributed by atoms with Gasteiger partial charge < -0.3 is 4.42 Å². The molecule has 0 N–H and O–H groups in total. The van der Waals surface area contributed by atoms with Gasteiger partial charge in [0.25, 0.3) is 0 Å². The van der Waals surface area contributed by atoms with Crippen LogP contribution < -0.4 is 0 Å². The Kier molecular flexibility index (Phi) is 9.23. The molecule has 0 fully saturated rings. The zero-order valence-corrected chi connectivity index (χ0v) is 30.5. The van der Waals surface area contributed by atoms with E-state index in [-0.39, 0.29) is 0 Å². The Morgan fingerprint density at radius 1 is 0.528 bits per heavy atom. The fraction of sp³-hybridized carbons (Fsp3) is 0.0800. The van der Waals surface area contributed by atoms with Crippen LogP contribution in [-0.2, 0) is 0 Å². The van der Waals surface area contributed by atoms with Crippen molar-refractivity contribution >= 4 is 44.4 Å². The molecule has 0 radical (unpaired) electrons. The SMILES string of the molecule is CC=N/C=C(C)/C(C)=C/C=C(\C)c1nc2c(-c3ccc(-c4cccc5ccccc45)cc3)cc(-c3ccc(-c4cccc5ccccc45)cc3)cc2o1. The lowest BCUT2D eigenvalue weighted by Crippen LogP contribution is -1.87. The summed E-state index contributed by atoms with van der Waals surface area (Å²) in [4.78, 5) is 9.37. The van der Waals surface area contributed by atoms with Crippen molar-refractivity contribution in [2.75, 3.05) is 0 Å². The van der Waals surface area contributed by atoms with Gasteiger partial charge in [-0.2, -0.15) is 0 Å². The first-order valence-electron chi connectivity index (χ1n) is 18.1. The van der Waals surface area contributed by atoms with E-state index in [1.807, 2.05) is 20.0 Å². The minimum absolute atomic E-state index is 0.606. The van der Waals surface area contributed by atoms with Gasteiger partial charge in [-0.1, -0.05) is 146 Å². The zero-order chi connectivity index (χ0) is 36.3. The summed E-state index contributed by atoms with van der Waals surface area (Å²) in [7, 11) is 0. The van der Waals surface area contributed by atoms with E-state index in [2.05, 4.69) is 177 Å². The highest BCUT2D eigenvalue weighted by atomic mass is 16.3. The number of allylic oxidation sites excluding steroid dienone is 5. The number of rotatable bonds is 8. The van der Waals surface area contributed by atoms with Gasteiger partial charge in [-0.05, 0) is 111 Å². The number of fused-ring (bicyclic) bond motifs is 3. The predicted octanol–water partition coefficient (Wildman–Crippen LogP) is 14.1. The van der Waals surface area contributed by atoms with Gasteiger partial charge in [-0.25, -0.2) is 4.98 Å². The zero-order valence-electron chi connectivity index (χ0n) is 30.5. The summed E-state index contributed by atoms with van der Waals surface area (Å²) >= 11 is 0. The molecule has 0 aliphatic carbocycles. The quantitative estimate of drug-likeness (QED) is 0.118.